The van der Waals surface area contributed by atoms with Crippen LogP contribution in [-0.4, -0.2) is 58.2 Å². The number of hydrogen-bond donors (Lipinski definition) is 1. The van der Waals surface area contributed by atoms with Crippen molar-refractivity contribution in [2.45, 2.75) is 50.4 Å². The number of carbonyl (C=O) groups excluding carboxylic acids is 3. The third kappa shape index (κ3) is 4.77. The minimum Gasteiger partial charge on any atom is -0.330 e. The molecule has 3 heterocycles. The molecule has 3 aromatic rings. The number of fused-ring (bicyclic) bond motifs is 3. The summed E-state index contributed by atoms with van der Waals surface area (Å²) in [5.74, 6) is -1.36. The summed E-state index contributed by atoms with van der Waals surface area (Å²) in [4.78, 5) is 47.4. The number of para-hydroxylation sites is 2. The summed E-state index contributed by atoms with van der Waals surface area (Å²) in [5, 5.41) is 13.0. The third-order valence-electron chi connectivity index (χ3n) is 7.95. The lowest BCUT2D eigenvalue weighted by Gasteiger charge is -2.33. The van der Waals surface area contributed by atoms with E-state index in [1.807, 2.05) is 19.9 Å². The zero-order valence-electron chi connectivity index (χ0n) is 22.7. The van der Waals surface area contributed by atoms with Gasteiger partial charge in [0.25, 0.3) is 5.91 Å². The van der Waals surface area contributed by atoms with Crippen molar-refractivity contribution >= 4 is 34.3 Å². The van der Waals surface area contributed by atoms with E-state index in [1.54, 1.807) is 18.2 Å². The predicted molar refractivity (Wildman–Crippen MR) is 145 cm³/mol. The molecule has 8 nitrogen and oxygen atoms in total. The van der Waals surface area contributed by atoms with Crippen LogP contribution in [0.25, 0.3) is 10.9 Å². The number of rotatable bonds is 5. The molecule has 0 unspecified atom stereocenters. The Balaban J connectivity index is 1.46. The zero-order chi connectivity index (χ0) is 29.7. The first-order valence-corrected chi connectivity index (χ1v) is 13.2. The highest BCUT2D eigenvalue weighted by molar-refractivity contribution is 6.07. The number of carbonyl (C=O) groups is 3. The SMILES string of the molecule is CC(C)C[C@@H](C(=O)N1C[C@]2(C[C@H]1C#N)C(=O)Nc1ccccc12)N(C)C(=O)c1cnc2c(C(F)(F)F)cccc2c1. The third-order valence-corrected chi connectivity index (χ3v) is 7.95. The van der Waals surface area contributed by atoms with Crippen LogP contribution in [-0.2, 0) is 21.2 Å². The number of hydrogen-bond acceptors (Lipinski definition) is 5. The van der Waals surface area contributed by atoms with Crippen LogP contribution < -0.4 is 5.32 Å². The molecular weight excluding hydrogens is 535 g/mol. The Morgan fingerprint density at radius 2 is 1.95 bits per heavy atom. The number of nitrogens with zero attached hydrogens (tertiary/aromatic N) is 4. The molecule has 2 aliphatic heterocycles. The van der Waals surface area contributed by atoms with Crippen molar-refractivity contribution in [3.05, 3.63) is 71.4 Å². The minimum absolute atomic E-state index is 0.0126. The monoisotopic (exact) mass is 563 g/mol. The van der Waals surface area contributed by atoms with Gasteiger partial charge >= 0.3 is 6.18 Å². The van der Waals surface area contributed by atoms with Crippen LogP contribution >= 0.6 is 0 Å². The van der Waals surface area contributed by atoms with Crippen molar-refractivity contribution in [3.8, 4) is 6.07 Å². The molecule has 0 aliphatic carbocycles. The summed E-state index contributed by atoms with van der Waals surface area (Å²) in [6.45, 7) is 3.77. The van der Waals surface area contributed by atoms with Crippen LogP contribution in [0.1, 0.15) is 48.2 Å². The van der Waals surface area contributed by atoms with E-state index in [1.165, 1.54) is 35.0 Å². The maximum atomic E-state index is 14.1. The molecule has 212 valence electrons. The first kappa shape index (κ1) is 28.1. The molecule has 1 fully saturated rings. The molecule has 0 bridgehead atoms. The average molecular weight is 564 g/mol. The van der Waals surface area contributed by atoms with Crippen LogP contribution in [0.3, 0.4) is 0 Å². The van der Waals surface area contributed by atoms with Crippen LogP contribution in [0.15, 0.2) is 54.7 Å². The van der Waals surface area contributed by atoms with Gasteiger partial charge in [-0.25, -0.2) is 0 Å². The standard InChI is InChI=1S/C30H28F3N5O3/c1-17(2)11-24(37(3)26(39)19-12-18-7-6-9-22(30(31,32)33)25(18)35-15-19)27(40)38-16-29(13-20(38)14-34)21-8-4-5-10-23(21)36-28(29)41/h4-10,12,15,17,20,24H,11,13,16H2,1-3H3,(H,36,41)/t20-,24-,29-/m0/s1. The van der Waals surface area contributed by atoms with E-state index in [4.69, 9.17) is 0 Å². The number of likely N-dealkylation sites (tertiary alicyclic amines) is 1. The van der Waals surface area contributed by atoms with E-state index in [2.05, 4.69) is 16.4 Å². The number of aromatic nitrogens is 1. The number of nitrogens with one attached hydrogen (secondary N) is 1. The summed E-state index contributed by atoms with van der Waals surface area (Å²) in [6.07, 6.45) is -3.13. The van der Waals surface area contributed by atoms with E-state index in [-0.39, 0.29) is 47.7 Å². The van der Waals surface area contributed by atoms with Gasteiger partial charge in [0.15, 0.2) is 0 Å². The van der Waals surface area contributed by atoms with Crippen molar-refractivity contribution in [2.24, 2.45) is 5.92 Å². The second kappa shape index (κ2) is 10.2. The molecule has 41 heavy (non-hydrogen) atoms. The van der Waals surface area contributed by atoms with E-state index in [0.717, 1.165) is 17.8 Å². The lowest BCUT2D eigenvalue weighted by Crippen LogP contribution is -2.52. The Morgan fingerprint density at radius 1 is 1.22 bits per heavy atom. The van der Waals surface area contributed by atoms with E-state index >= 15 is 0 Å². The molecule has 2 aromatic carbocycles. The average Bonchev–Trinajstić information content (AvgIpc) is 3.47. The molecule has 1 saturated heterocycles. The largest absolute Gasteiger partial charge is 0.418 e. The molecule has 0 radical (unpaired) electrons. The minimum atomic E-state index is -4.61. The number of likely N-dealkylation sites (N-methyl/N-ethyl adjacent to an activating group) is 1. The van der Waals surface area contributed by atoms with Crippen LogP contribution in [0, 0.1) is 17.2 Å². The van der Waals surface area contributed by atoms with Crippen LogP contribution in [0.2, 0.25) is 0 Å². The number of anilines is 1. The highest BCUT2D eigenvalue weighted by Gasteiger charge is 2.56. The van der Waals surface area contributed by atoms with Crippen LogP contribution in [0.4, 0.5) is 18.9 Å². The summed E-state index contributed by atoms with van der Waals surface area (Å²) in [7, 11) is 1.45. The van der Waals surface area contributed by atoms with Gasteiger partial charge in [-0.3, -0.25) is 19.4 Å². The van der Waals surface area contributed by atoms with E-state index in [0.29, 0.717) is 5.69 Å². The quantitative estimate of drug-likeness (QED) is 0.482. The van der Waals surface area contributed by atoms with Gasteiger partial charge < -0.3 is 15.1 Å². The molecular formula is C30H28F3N5O3. The second-order valence-electron chi connectivity index (χ2n) is 11.1. The second-order valence-corrected chi connectivity index (χ2v) is 11.1. The number of halogens is 3. The highest BCUT2D eigenvalue weighted by Crippen LogP contribution is 2.46. The lowest BCUT2D eigenvalue weighted by molar-refractivity contribution is -0.137. The molecule has 1 aromatic heterocycles. The van der Waals surface area contributed by atoms with Crippen molar-refractivity contribution in [1.29, 1.82) is 5.26 Å². The van der Waals surface area contributed by atoms with Crippen molar-refractivity contribution in [1.82, 2.24) is 14.8 Å². The maximum Gasteiger partial charge on any atom is 0.418 e. The Bertz CT molecular complexity index is 1600. The topological polar surface area (TPSA) is 106 Å². The Labute approximate surface area is 234 Å². The normalized spacial score (nSPS) is 20.7. The van der Waals surface area contributed by atoms with Gasteiger partial charge in [-0.15, -0.1) is 0 Å². The van der Waals surface area contributed by atoms with Crippen molar-refractivity contribution in [3.63, 3.8) is 0 Å². The van der Waals surface area contributed by atoms with Gasteiger partial charge in [0, 0.05) is 37.3 Å². The highest BCUT2D eigenvalue weighted by atomic mass is 19.4. The Morgan fingerprint density at radius 3 is 2.63 bits per heavy atom. The fraction of sp³-hybridized carbons (Fsp3) is 0.367. The molecule has 2 aliphatic rings. The van der Waals surface area contributed by atoms with E-state index < -0.39 is 41.1 Å². The summed E-state index contributed by atoms with van der Waals surface area (Å²) in [5.41, 5.74) is -0.852. The summed E-state index contributed by atoms with van der Waals surface area (Å²) < 4.78 is 40.3. The zero-order valence-corrected chi connectivity index (χ0v) is 22.7. The fourth-order valence-electron chi connectivity index (χ4n) is 5.90. The molecule has 0 saturated carbocycles. The summed E-state index contributed by atoms with van der Waals surface area (Å²) >= 11 is 0. The number of pyridine rings is 1. The first-order chi connectivity index (χ1) is 19.4. The molecule has 5 rings (SSSR count). The first-order valence-electron chi connectivity index (χ1n) is 13.2. The number of benzene rings is 2. The smallest absolute Gasteiger partial charge is 0.330 e. The number of alkyl halides is 3. The number of amides is 3. The van der Waals surface area contributed by atoms with E-state index in [9.17, 15) is 32.8 Å². The molecule has 1 spiro atoms. The molecule has 3 amide bonds. The maximum absolute atomic E-state index is 14.1. The molecule has 11 heteroatoms. The van der Waals surface area contributed by atoms with Gasteiger partial charge in [-0.1, -0.05) is 44.2 Å². The van der Waals surface area contributed by atoms with Gasteiger partial charge in [0.2, 0.25) is 11.8 Å². The Hall–Kier alpha value is -4.46. The number of nitriles is 1. The van der Waals surface area contributed by atoms with Crippen LogP contribution in [0.5, 0.6) is 0 Å². The fourth-order valence-corrected chi connectivity index (χ4v) is 5.90. The molecule has 3 atom stereocenters. The van der Waals surface area contributed by atoms with Crippen molar-refractivity contribution in [2.75, 3.05) is 18.9 Å². The van der Waals surface area contributed by atoms with Crippen molar-refractivity contribution < 1.29 is 27.6 Å². The Kier molecular flexibility index (Phi) is 6.97. The summed E-state index contributed by atoms with van der Waals surface area (Å²) in [6, 6.07) is 12.4. The van der Waals surface area contributed by atoms with Gasteiger partial charge in [0.05, 0.1) is 28.1 Å². The lowest BCUT2D eigenvalue weighted by atomic mass is 9.80. The van der Waals surface area contributed by atoms with Gasteiger partial charge in [0.1, 0.15) is 12.1 Å². The predicted octanol–water partition coefficient (Wildman–Crippen LogP) is 4.75. The van der Waals surface area contributed by atoms with Gasteiger partial charge in [-0.05, 0) is 36.1 Å². The van der Waals surface area contributed by atoms with Gasteiger partial charge in [-0.2, -0.15) is 18.4 Å². The molecule has 1 N–H and O–H groups in total.